The maximum absolute atomic E-state index is 9.34. The number of nitriles is 1. The number of benzene rings is 2. The van der Waals surface area contributed by atoms with Gasteiger partial charge in [-0.25, -0.2) is 4.99 Å². The fourth-order valence-corrected chi connectivity index (χ4v) is 2.88. The highest BCUT2D eigenvalue weighted by Gasteiger charge is 2.10. The molecule has 0 unspecified atom stereocenters. The first-order valence-corrected chi connectivity index (χ1v) is 8.18. The molecule has 0 bridgehead atoms. The normalized spacial score (nSPS) is 11.8. The summed E-state index contributed by atoms with van der Waals surface area (Å²) in [6.07, 6.45) is 1.63. The third kappa shape index (κ3) is 3.54. The summed E-state index contributed by atoms with van der Waals surface area (Å²) >= 11 is 7.09. The second kappa shape index (κ2) is 7.13. The molecule has 5 nitrogen and oxygen atoms in total. The van der Waals surface area contributed by atoms with Crippen molar-refractivity contribution in [2.45, 2.75) is 0 Å². The van der Waals surface area contributed by atoms with Gasteiger partial charge >= 0.3 is 0 Å². The Bertz CT molecular complexity index is 979. The smallest absolute Gasteiger partial charge is 0.214 e. The number of anilines is 1. The van der Waals surface area contributed by atoms with Crippen molar-refractivity contribution in [2.75, 3.05) is 5.73 Å². The van der Waals surface area contributed by atoms with Crippen LogP contribution in [0.15, 0.2) is 64.7 Å². The van der Waals surface area contributed by atoms with E-state index in [0.717, 1.165) is 11.3 Å². The van der Waals surface area contributed by atoms with Gasteiger partial charge in [0.25, 0.3) is 0 Å². The first-order valence-electron chi connectivity index (χ1n) is 6.98. The van der Waals surface area contributed by atoms with Crippen molar-refractivity contribution in [3.05, 3.63) is 75.7 Å². The molecule has 0 saturated heterocycles. The molecule has 0 spiro atoms. The quantitative estimate of drug-likeness (QED) is 0.727. The van der Waals surface area contributed by atoms with Crippen LogP contribution in [0.25, 0.3) is 0 Å². The Kier molecular flexibility index (Phi) is 4.75. The second-order valence-corrected chi connectivity index (χ2v) is 6.21. The van der Waals surface area contributed by atoms with Crippen molar-refractivity contribution in [1.82, 2.24) is 4.68 Å². The Hall–Kier alpha value is -2.88. The third-order valence-electron chi connectivity index (χ3n) is 3.11. The summed E-state index contributed by atoms with van der Waals surface area (Å²) in [7, 11) is 0. The van der Waals surface area contributed by atoms with Crippen LogP contribution >= 0.6 is 22.9 Å². The SMILES string of the molecule is N#Cc1c(N)sc(=Nc2ccccc2)n1/N=C/c1ccc(Cl)cc1. The predicted octanol–water partition coefficient (Wildman–Crippen LogP) is 3.77. The topological polar surface area (TPSA) is 79.5 Å². The monoisotopic (exact) mass is 353 g/mol. The number of para-hydroxylation sites is 1. The molecule has 0 aliphatic carbocycles. The number of thiazole rings is 1. The average molecular weight is 354 g/mol. The largest absolute Gasteiger partial charge is 0.388 e. The maximum Gasteiger partial charge on any atom is 0.214 e. The van der Waals surface area contributed by atoms with Gasteiger partial charge in [-0.1, -0.05) is 53.3 Å². The minimum absolute atomic E-state index is 0.264. The molecule has 3 aromatic rings. The summed E-state index contributed by atoms with van der Waals surface area (Å²) in [4.78, 5) is 5.04. The Balaban J connectivity index is 2.08. The molecule has 0 saturated carbocycles. The Morgan fingerprint density at radius 2 is 1.83 bits per heavy atom. The lowest BCUT2D eigenvalue weighted by Crippen LogP contribution is -2.12. The standard InChI is InChI=1S/C17H12ClN5S/c18-13-8-6-12(7-9-13)11-21-23-15(10-19)16(20)24-17(23)22-14-4-2-1-3-5-14/h1-9,11H,20H2/b21-11+,22-17?. The van der Waals surface area contributed by atoms with Gasteiger partial charge < -0.3 is 5.73 Å². The van der Waals surface area contributed by atoms with Crippen LogP contribution in [0.2, 0.25) is 5.02 Å². The Morgan fingerprint density at radius 1 is 1.12 bits per heavy atom. The third-order valence-corrected chi connectivity index (χ3v) is 4.22. The average Bonchev–Trinajstić information content (AvgIpc) is 2.89. The second-order valence-electron chi connectivity index (χ2n) is 4.76. The van der Waals surface area contributed by atoms with E-state index in [1.807, 2.05) is 42.5 Å². The molecule has 2 aromatic carbocycles. The lowest BCUT2D eigenvalue weighted by atomic mass is 10.2. The van der Waals surface area contributed by atoms with E-state index < -0.39 is 0 Å². The van der Waals surface area contributed by atoms with Crippen molar-refractivity contribution in [3.63, 3.8) is 0 Å². The molecule has 1 aromatic heterocycles. The number of nitrogens with zero attached hydrogens (tertiary/aromatic N) is 4. The van der Waals surface area contributed by atoms with E-state index >= 15 is 0 Å². The summed E-state index contributed by atoms with van der Waals surface area (Å²) in [6.45, 7) is 0. The number of hydrogen-bond donors (Lipinski definition) is 1. The lowest BCUT2D eigenvalue weighted by Gasteiger charge is -1.97. The van der Waals surface area contributed by atoms with Crippen molar-refractivity contribution in [2.24, 2.45) is 10.1 Å². The molecule has 0 aliphatic heterocycles. The van der Waals surface area contributed by atoms with Gasteiger partial charge in [0.2, 0.25) is 4.80 Å². The fourth-order valence-electron chi connectivity index (χ4n) is 1.96. The van der Waals surface area contributed by atoms with Crippen LogP contribution in [-0.2, 0) is 0 Å². The number of nitrogens with two attached hydrogens (primary N) is 1. The number of aromatic nitrogens is 1. The summed E-state index contributed by atoms with van der Waals surface area (Å²) in [5.74, 6) is 0. The molecule has 24 heavy (non-hydrogen) atoms. The highest BCUT2D eigenvalue weighted by atomic mass is 35.5. The molecule has 0 atom stereocenters. The van der Waals surface area contributed by atoms with E-state index in [2.05, 4.69) is 16.2 Å². The molecular formula is C17H12ClN5S. The highest BCUT2D eigenvalue weighted by Crippen LogP contribution is 2.16. The van der Waals surface area contributed by atoms with Crippen LogP contribution in [0.5, 0.6) is 0 Å². The van der Waals surface area contributed by atoms with Gasteiger partial charge in [-0.3, -0.25) is 0 Å². The van der Waals surface area contributed by atoms with Crippen LogP contribution in [0.4, 0.5) is 10.7 Å². The maximum atomic E-state index is 9.34. The van der Waals surface area contributed by atoms with E-state index in [0.29, 0.717) is 14.8 Å². The summed E-state index contributed by atoms with van der Waals surface area (Å²) in [5.41, 5.74) is 7.80. The van der Waals surface area contributed by atoms with Crippen molar-refractivity contribution < 1.29 is 0 Å². The van der Waals surface area contributed by atoms with Gasteiger partial charge in [0.05, 0.1) is 11.9 Å². The zero-order valence-corrected chi connectivity index (χ0v) is 14.0. The van der Waals surface area contributed by atoms with Gasteiger partial charge in [0.1, 0.15) is 11.1 Å². The van der Waals surface area contributed by atoms with E-state index in [4.69, 9.17) is 17.3 Å². The summed E-state index contributed by atoms with van der Waals surface area (Å²) in [6, 6.07) is 18.7. The van der Waals surface area contributed by atoms with E-state index in [1.54, 1.807) is 18.3 Å². The van der Waals surface area contributed by atoms with E-state index in [-0.39, 0.29) is 5.69 Å². The molecule has 7 heteroatoms. The Labute approximate surface area is 147 Å². The molecule has 118 valence electrons. The summed E-state index contributed by atoms with van der Waals surface area (Å²) < 4.78 is 1.45. The van der Waals surface area contributed by atoms with Crippen LogP contribution in [-0.4, -0.2) is 10.9 Å². The van der Waals surface area contributed by atoms with Crippen LogP contribution < -0.4 is 10.5 Å². The van der Waals surface area contributed by atoms with Crippen molar-refractivity contribution in [1.29, 1.82) is 5.26 Å². The van der Waals surface area contributed by atoms with E-state index in [9.17, 15) is 5.26 Å². The molecule has 1 heterocycles. The molecule has 0 aliphatic rings. The Morgan fingerprint density at radius 3 is 2.50 bits per heavy atom. The predicted molar refractivity (Wildman–Crippen MR) is 97.5 cm³/mol. The van der Waals surface area contributed by atoms with Gasteiger partial charge in [0, 0.05) is 5.02 Å². The molecule has 0 fully saturated rings. The first-order chi connectivity index (χ1) is 11.7. The highest BCUT2D eigenvalue weighted by molar-refractivity contribution is 7.13. The molecule has 0 radical (unpaired) electrons. The molecule has 0 amide bonds. The van der Waals surface area contributed by atoms with Crippen LogP contribution in [0.1, 0.15) is 11.3 Å². The molecule has 2 N–H and O–H groups in total. The zero-order chi connectivity index (χ0) is 16.9. The van der Waals surface area contributed by atoms with Gasteiger partial charge in [-0.05, 0) is 29.8 Å². The van der Waals surface area contributed by atoms with Crippen molar-refractivity contribution in [3.8, 4) is 6.07 Å². The number of hydrogen-bond acceptors (Lipinski definition) is 5. The summed E-state index contributed by atoms with van der Waals surface area (Å²) in [5, 5.41) is 14.7. The number of rotatable bonds is 3. The van der Waals surface area contributed by atoms with Crippen molar-refractivity contribution >= 4 is 39.8 Å². The van der Waals surface area contributed by atoms with Gasteiger partial charge in [-0.15, -0.1) is 0 Å². The minimum Gasteiger partial charge on any atom is -0.388 e. The molecular weight excluding hydrogens is 342 g/mol. The first kappa shape index (κ1) is 16.0. The molecule has 3 rings (SSSR count). The van der Waals surface area contributed by atoms with Gasteiger partial charge in [0.15, 0.2) is 5.69 Å². The number of halogens is 1. The van der Waals surface area contributed by atoms with E-state index in [1.165, 1.54) is 16.0 Å². The van der Waals surface area contributed by atoms with Gasteiger partial charge in [-0.2, -0.15) is 15.0 Å². The number of nitrogen functional groups attached to an aromatic ring is 1. The minimum atomic E-state index is 0.264. The lowest BCUT2D eigenvalue weighted by molar-refractivity contribution is 0.831. The fraction of sp³-hybridized carbons (Fsp3) is 0. The van der Waals surface area contributed by atoms with Crippen LogP contribution in [0.3, 0.4) is 0 Å². The van der Waals surface area contributed by atoms with Crippen LogP contribution in [0, 0.1) is 11.3 Å². The zero-order valence-electron chi connectivity index (χ0n) is 12.4.